The Balaban J connectivity index is 1.80. The minimum atomic E-state index is -3.12. The molecule has 0 radical (unpaired) electrons. The summed E-state index contributed by atoms with van der Waals surface area (Å²) in [5, 5.41) is 0. The molecule has 1 aliphatic rings. The lowest BCUT2D eigenvalue weighted by Crippen LogP contribution is -2.50. The molecule has 0 amide bonds. The fourth-order valence-corrected chi connectivity index (χ4v) is 3.30. The van der Waals surface area contributed by atoms with Gasteiger partial charge in [0.25, 0.3) is 0 Å². The number of hydrogen-bond donors (Lipinski definition) is 1. The van der Waals surface area contributed by atoms with Gasteiger partial charge in [-0.05, 0) is 19.1 Å². The number of rotatable bonds is 5. The topological polar surface area (TPSA) is 65.5 Å². The summed E-state index contributed by atoms with van der Waals surface area (Å²) in [5.74, 6) is 1.01. The molecule has 0 unspecified atom stereocenters. The van der Waals surface area contributed by atoms with Crippen LogP contribution in [0.15, 0.2) is 24.4 Å². The molecule has 7 heteroatoms. The summed E-state index contributed by atoms with van der Waals surface area (Å²) in [5.41, 5.74) is 0. The molecule has 1 aromatic heterocycles. The molecule has 112 valence electrons. The molecule has 0 saturated carbocycles. The summed E-state index contributed by atoms with van der Waals surface area (Å²) in [6.45, 7) is 6.32. The van der Waals surface area contributed by atoms with E-state index >= 15 is 0 Å². The molecule has 0 bridgehead atoms. The van der Waals surface area contributed by atoms with Gasteiger partial charge in [-0.1, -0.05) is 6.07 Å². The Kier molecular flexibility index (Phi) is 4.95. The maximum absolute atomic E-state index is 11.2. The van der Waals surface area contributed by atoms with Crippen LogP contribution in [0.1, 0.15) is 6.92 Å². The minimum absolute atomic E-state index is 0.0635. The summed E-state index contributed by atoms with van der Waals surface area (Å²) >= 11 is 0. The van der Waals surface area contributed by atoms with Crippen molar-refractivity contribution in [3.63, 3.8) is 0 Å². The molecule has 1 aromatic rings. The Morgan fingerprint density at radius 2 is 2.00 bits per heavy atom. The largest absolute Gasteiger partial charge is 0.354 e. The van der Waals surface area contributed by atoms with E-state index in [-0.39, 0.29) is 6.04 Å². The second-order valence-electron chi connectivity index (χ2n) is 5.27. The van der Waals surface area contributed by atoms with Crippen LogP contribution in [0.2, 0.25) is 0 Å². The van der Waals surface area contributed by atoms with Crippen LogP contribution in [-0.4, -0.2) is 63.3 Å². The van der Waals surface area contributed by atoms with E-state index in [0.717, 1.165) is 38.5 Å². The van der Waals surface area contributed by atoms with Crippen LogP contribution in [0.25, 0.3) is 0 Å². The van der Waals surface area contributed by atoms with Gasteiger partial charge >= 0.3 is 0 Å². The van der Waals surface area contributed by atoms with Crippen molar-refractivity contribution >= 4 is 15.8 Å². The van der Waals surface area contributed by atoms with E-state index in [9.17, 15) is 8.42 Å². The van der Waals surface area contributed by atoms with Crippen LogP contribution in [-0.2, 0) is 10.0 Å². The number of anilines is 1. The maximum Gasteiger partial charge on any atom is 0.208 e. The van der Waals surface area contributed by atoms with Gasteiger partial charge < -0.3 is 4.90 Å². The quantitative estimate of drug-likeness (QED) is 0.838. The number of aromatic nitrogens is 1. The summed E-state index contributed by atoms with van der Waals surface area (Å²) in [4.78, 5) is 8.89. The third kappa shape index (κ3) is 4.73. The zero-order valence-corrected chi connectivity index (χ0v) is 12.8. The van der Waals surface area contributed by atoms with Gasteiger partial charge in [0.15, 0.2) is 0 Å². The molecule has 0 aliphatic carbocycles. The summed E-state index contributed by atoms with van der Waals surface area (Å²) in [7, 11) is -3.12. The lowest BCUT2D eigenvalue weighted by molar-refractivity contribution is 0.241. The molecular formula is C13H22N4O2S. The normalized spacial score (nSPS) is 19.0. The van der Waals surface area contributed by atoms with Gasteiger partial charge in [-0.25, -0.2) is 18.1 Å². The Hall–Kier alpha value is -1.18. The van der Waals surface area contributed by atoms with E-state index in [1.165, 1.54) is 6.26 Å². The smallest absolute Gasteiger partial charge is 0.208 e. The van der Waals surface area contributed by atoms with Gasteiger partial charge in [-0.15, -0.1) is 0 Å². The molecule has 2 heterocycles. The van der Waals surface area contributed by atoms with Gasteiger partial charge in [0.2, 0.25) is 10.0 Å². The average molecular weight is 298 g/mol. The van der Waals surface area contributed by atoms with Crippen molar-refractivity contribution < 1.29 is 8.42 Å². The second-order valence-corrected chi connectivity index (χ2v) is 7.05. The molecule has 1 aliphatic heterocycles. The van der Waals surface area contributed by atoms with Gasteiger partial charge in [0.05, 0.1) is 6.26 Å². The van der Waals surface area contributed by atoms with Crippen molar-refractivity contribution in [2.24, 2.45) is 0 Å². The van der Waals surface area contributed by atoms with Crippen molar-refractivity contribution in [2.75, 3.05) is 43.9 Å². The molecule has 20 heavy (non-hydrogen) atoms. The van der Waals surface area contributed by atoms with Crippen LogP contribution >= 0.6 is 0 Å². The van der Waals surface area contributed by atoms with E-state index in [1.54, 1.807) is 6.20 Å². The van der Waals surface area contributed by atoms with E-state index in [0.29, 0.717) is 0 Å². The first-order chi connectivity index (χ1) is 9.44. The molecule has 6 nitrogen and oxygen atoms in total. The predicted molar refractivity (Wildman–Crippen MR) is 80.3 cm³/mol. The summed E-state index contributed by atoms with van der Waals surface area (Å²) in [6.07, 6.45) is 3.00. The molecule has 1 saturated heterocycles. The Labute approximate surface area is 120 Å². The molecule has 0 aromatic carbocycles. The summed E-state index contributed by atoms with van der Waals surface area (Å²) in [6, 6.07) is 5.86. The first kappa shape index (κ1) is 15.2. The predicted octanol–water partition coefficient (Wildman–Crippen LogP) is 0.141. The molecule has 1 fully saturated rings. The molecule has 1 atom stereocenters. The Bertz CT molecular complexity index is 512. The molecule has 0 spiro atoms. The SMILES string of the molecule is C[C@@H](CN1CCN(c2ccccn2)CC1)NS(C)(=O)=O. The number of nitrogens with one attached hydrogen (secondary N) is 1. The number of hydrogen-bond acceptors (Lipinski definition) is 5. The Morgan fingerprint density at radius 1 is 1.30 bits per heavy atom. The van der Waals surface area contributed by atoms with Crippen LogP contribution in [0.3, 0.4) is 0 Å². The number of piperazine rings is 1. The van der Waals surface area contributed by atoms with Crippen LogP contribution < -0.4 is 9.62 Å². The van der Waals surface area contributed by atoms with Crippen molar-refractivity contribution in [3.05, 3.63) is 24.4 Å². The minimum Gasteiger partial charge on any atom is -0.354 e. The molecule has 2 rings (SSSR count). The zero-order valence-electron chi connectivity index (χ0n) is 12.0. The van der Waals surface area contributed by atoms with Crippen LogP contribution in [0.4, 0.5) is 5.82 Å². The standard InChI is InChI=1S/C13H22N4O2S/c1-12(15-20(2,18)19)11-16-7-9-17(10-8-16)13-5-3-4-6-14-13/h3-6,12,15H,7-11H2,1-2H3/t12-/m0/s1. The number of pyridine rings is 1. The highest BCUT2D eigenvalue weighted by atomic mass is 32.2. The number of nitrogens with zero attached hydrogens (tertiary/aromatic N) is 3. The van der Waals surface area contributed by atoms with Crippen molar-refractivity contribution in [1.29, 1.82) is 0 Å². The first-order valence-electron chi connectivity index (χ1n) is 6.80. The lowest BCUT2D eigenvalue weighted by atomic mass is 10.2. The zero-order chi connectivity index (χ0) is 14.6. The molecular weight excluding hydrogens is 276 g/mol. The van der Waals surface area contributed by atoms with Crippen molar-refractivity contribution in [2.45, 2.75) is 13.0 Å². The van der Waals surface area contributed by atoms with Gasteiger partial charge in [0, 0.05) is 45.0 Å². The second kappa shape index (κ2) is 6.51. The van der Waals surface area contributed by atoms with E-state index in [4.69, 9.17) is 0 Å². The Morgan fingerprint density at radius 3 is 2.55 bits per heavy atom. The number of sulfonamides is 1. The van der Waals surface area contributed by atoms with E-state index < -0.39 is 10.0 Å². The monoisotopic (exact) mass is 298 g/mol. The van der Waals surface area contributed by atoms with Crippen molar-refractivity contribution in [1.82, 2.24) is 14.6 Å². The highest BCUT2D eigenvalue weighted by Crippen LogP contribution is 2.12. The highest BCUT2D eigenvalue weighted by Gasteiger charge is 2.20. The first-order valence-corrected chi connectivity index (χ1v) is 8.69. The summed E-state index contributed by atoms with van der Waals surface area (Å²) < 4.78 is 25.0. The lowest BCUT2D eigenvalue weighted by Gasteiger charge is -2.36. The van der Waals surface area contributed by atoms with E-state index in [1.807, 2.05) is 25.1 Å². The van der Waals surface area contributed by atoms with Crippen LogP contribution in [0, 0.1) is 0 Å². The van der Waals surface area contributed by atoms with Gasteiger partial charge in [-0.3, -0.25) is 4.90 Å². The molecule has 1 N–H and O–H groups in total. The average Bonchev–Trinajstić information content (AvgIpc) is 2.38. The third-order valence-electron chi connectivity index (χ3n) is 3.29. The fraction of sp³-hybridized carbons (Fsp3) is 0.615. The van der Waals surface area contributed by atoms with E-state index in [2.05, 4.69) is 19.5 Å². The van der Waals surface area contributed by atoms with Crippen molar-refractivity contribution in [3.8, 4) is 0 Å². The highest BCUT2D eigenvalue weighted by molar-refractivity contribution is 7.88. The van der Waals surface area contributed by atoms with Gasteiger partial charge in [-0.2, -0.15) is 0 Å². The fourth-order valence-electron chi connectivity index (χ4n) is 2.49. The third-order valence-corrected chi connectivity index (χ3v) is 4.12. The van der Waals surface area contributed by atoms with Gasteiger partial charge in [0.1, 0.15) is 5.82 Å². The van der Waals surface area contributed by atoms with Crippen LogP contribution in [0.5, 0.6) is 0 Å². The maximum atomic E-state index is 11.2.